The highest BCUT2D eigenvalue weighted by atomic mass is 127. The van der Waals surface area contributed by atoms with Gasteiger partial charge in [-0.1, -0.05) is 41.2 Å². The molecule has 4 rings (SSSR count). The van der Waals surface area contributed by atoms with Crippen LogP contribution in [-0.2, 0) is 9.53 Å². The Morgan fingerprint density at radius 2 is 1.77 bits per heavy atom. The summed E-state index contributed by atoms with van der Waals surface area (Å²) in [6, 6.07) is 11.3. The van der Waals surface area contributed by atoms with Crippen molar-refractivity contribution in [1.29, 1.82) is 0 Å². The molecule has 3 aromatic rings. The number of carbonyl (C=O) groups is 1. The summed E-state index contributed by atoms with van der Waals surface area (Å²) in [5, 5.41) is 0. The zero-order valence-corrected chi connectivity index (χ0v) is 24.9. The Labute approximate surface area is 234 Å². The van der Waals surface area contributed by atoms with E-state index < -0.39 is 12.0 Å². The lowest BCUT2D eigenvalue weighted by Crippen LogP contribution is -2.39. The number of halogens is 2. The third-order valence-electron chi connectivity index (χ3n) is 5.52. The molecule has 2 aromatic carbocycles. The Bertz CT molecular complexity index is 1480. The van der Waals surface area contributed by atoms with Gasteiger partial charge in [-0.05, 0) is 102 Å². The lowest BCUT2D eigenvalue weighted by atomic mass is 9.95. The number of aromatic nitrogens is 1. The number of esters is 1. The van der Waals surface area contributed by atoms with Crippen molar-refractivity contribution in [1.82, 2.24) is 4.57 Å². The first-order chi connectivity index (χ1) is 16.7. The Morgan fingerprint density at radius 1 is 1.11 bits per heavy atom. The molecule has 0 saturated carbocycles. The normalized spacial score (nSPS) is 15.6. The summed E-state index contributed by atoms with van der Waals surface area (Å²) in [6.45, 7) is 8.35. The van der Waals surface area contributed by atoms with Crippen LogP contribution >= 0.6 is 56.5 Å². The SMILES string of the molecule is CCOC(=O)C1=C(C)N=c2s/c(=C/c3cc(I)c(OCC)c(I)c3)c(=O)n2[C@H]1c1ccc(C)cc1. The van der Waals surface area contributed by atoms with E-state index in [1.807, 2.05) is 56.3 Å². The summed E-state index contributed by atoms with van der Waals surface area (Å²) in [5.74, 6) is 0.394. The molecule has 6 nitrogen and oxygen atoms in total. The van der Waals surface area contributed by atoms with Gasteiger partial charge in [0.1, 0.15) is 5.75 Å². The molecule has 1 aliphatic heterocycles. The third-order valence-corrected chi connectivity index (χ3v) is 8.10. The van der Waals surface area contributed by atoms with Gasteiger partial charge in [-0.2, -0.15) is 0 Å². The zero-order chi connectivity index (χ0) is 25.3. The highest BCUT2D eigenvalue weighted by molar-refractivity contribution is 14.1. The molecule has 0 unspecified atom stereocenters. The molecule has 1 atom stereocenters. The van der Waals surface area contributed by atoms with Crippen molar-refractivity contribution in [2.24, 2.45) is 4.99 Å². The summed E-state index contributed by atoms with van der Waals surface area (Å²) in [6.07, 6.45) is 1.87. The number of hydrogen-bond acceptors (Lipinski definition) is 6. The van der Waals surface area contributed by atoms with E-state index in [0.717, 1.165) is 29.6 Å². The number of aryl methyl sites for hydroxylation is 1. The average Bonchev–Trinajstić information content (AvgIpc) is 3.10. The molecule has 1 aliphatic rings. The molecule has 9 heteroatoms. The molecule has 2 heterocycles. The average molecular weight is 714 g/mol. The fourth-order valence-electron chi connectivity index (χ4n) is 3.95. The molecule has 0 aliphatic carbocycles. The second-order valence-corrected chi connectivity index (χ2v) is 11.3. The quantitative estimate of drug-likeness (QED) is 0.274. The molecule has 0 fully saturated rings. The molecule has 0 bridgehead atoms. The standard InChI is InChI=1S/C26H24I2N2O4S/c1-5-33-23-18(27)11-16(12-19(23)28)13-20-24(31)30-22(17-9-7-14(3)8-10-17)21(25(32)34-6-2)15(4)29-26(30)35-20/h7-13,22H,5-6H2,1-4H3/b20-13+/t22-/m0/s1. The summed E-state index contributed by atoms with van der Waals surface area (Å²) >= 11 is 5.82. The fourth-order valence-corrected chi connectivity index (χ4v) is 7.13. The molecule has 182 valence electrons. The van der Waals surface area contributed by atoms with Crippen LogP contribution in [0.1, 0.15) is 43.5 Å². The zero-order valence-electron chi connectivity index (χ0n) is 19.7. The number of fused-ring (bicyclic) bond motifs is 1. The predicted molar refractivity (Wildman–Crippen MR) is 155 cm³/mol. The van der Waals surface area contributed by atoms with Gasteiger partial charge < -0.3 is 9.47 Å². The number of ether oxygens (including phenoxy) is 2. The van der Waals surface area contributed by atoms with E-state index >= 15 is 0 Å². The van der Waals surface area contributed by atoms with Crippen LogP contribution in [-0.4, -0.2) is 23.8 Å². The van der Waals surface area contributed by atoms with Gasteiger partial charge in [-0.3, -0.25) is 9.36 Å². The Hall–Kier alpha value is -1.99. The molecule has 0 radical (unpaired) electrons. The van der Waals surface area contributed by atoms with Gasteiger partial charge in [0.25, 0.3) is 5.56 Å². The predicted octanol–water partition coefficient (Wildman–Crippen LogP) is 4.71. The summed E-state index contributed by atoms with van der Waals surface area (Å²) < 4.78 is 15.2. The highest BCUT2D eigenvalue weighted by Gasteiger charge is 2.33. The van der Waals surface area contributed by atoms with E-state index in [2.05, 4.69) is 50.2 Å². The van der Waals surface area contributed by atoms with E-state index in [0.29, 0.717) is 27.2 Å². The van der Waals surface area contributed by atoms with Gasteiger partial charge >= 0.3 is 5.97 Å². The molecule has 0 spiro atoms. The molecular weight excluding hydrogens is 690 g/mol. The summed E-state index contributed by atoms with van der Waals surface area (Å²) in [7, 11) is 0. The van der Waals surface area contributed by atoms with Crippen LogP contribution in [0.4, 0.5) is 0 Å². The van der Waals surface area contributed by atoms with Crippen molar-refractivity contribution in [3.63, 3.8) is 0 Å². The van der Waals surface area contributed by atoms with Crippen LogP contribution in [0.25, 0.3) is 6.08 Å². The lowest BCUT2D eigenvalue weighted by molar-refractivity contribution is -0.139. The van der Waals surface area contributed by atoms with Crippen molar-refractivity contribution >= 4 is 68.6 Å². The van der Waals surface area contributed by atoms with Crippen LogP contribution in [0.3, 0.4) is 0 Å². The second kappa shape index (κ2) is 11.0. The van der Waals surface area contributed by atoms with Crippen LogP contribution in [0.15, 0.2) is 57.5 Å². The molecule has 1 aromatic heterocycles. The first-order valence-electron chi connectivity index (χ1n) is 11.1. The van der Waals surface area contributed by atoms with E-state index in [1.165, 1.54) is 11.3 Å². The maximum atomic E-state index is 13.7. The number of benzene rings is 2. The maximum Gasteiger partial charge on any atom is 0.338 e. The fraction of sp³-hybridized carbons (Fsp3) is 0.269. The van der Waals surface area contributed by atoms with E-state index in [-0.39, 0.29) is 12.2 Å². The summed E-state index contributed by atoms with van der Waals surface area (Å²) in [5.41, 5.74) is 3.60. The van der Waals surface area contributed by atoms with Crippen LogP contribution < -0.4 is 19.6 Å². The smallest absolute Gasteiger partial charge is 0.338 e. The number of thiazole rings is 1. The van der Waals surface area contributed by atoms with Gasteiger partial charge in [0.15, 0.2) is 4.80 Å². The summed E-state index contributed by atoms with van der Waals surface area (Å²) in [4.78, 5) is 31.9. The second-order valence-electron chi connectivity index (χ2n) is 7.96. The molecule has 0 amide bonds. The molecule has 35 heavy (non-hydrogen) atoms. The van der Waals surface area contributed by atoms with Crippen molar-refractivity contribution in [2.45, 2.75) is 33.7 Å². The van der Waals surface area contributed by atoms with Crippen LogP contribution in [0.2, 0.25) is 0 Å². The van der Waals surface area contributed by atoms with Crippen molar-refractivity contribution in [2.75, 3.05) is 13.2 Å². The van der Waals surface area contributed by atoms with E-state index in [1.54, 1.807) is 18.4 Å². The minimum atomic E-state index is -0.603. The van der Waals surface area contributed by atoms with Gasteiger partial charge in [0.2, 0.25) is 0 Å². The number of hydrogen-bond donors (Lipinski definition) is 0. The topological polar surface area (TPSA) is 69.9 Å². The number of rotatable bonds is 6. The minimum Gasteiger partial charge on any atom is -0.492 e. The van der Waals surface area contributed by atoms with Gasteiger partial charge in [0, 0.05) is 0 Å². The van der Waals surface area contributed by atoms with Crippen molar-refractivity contribution in [3.8, 4) is 5.75 Å². The van der Waals surface area contributed by atoms with Gasteiger partial charge in [0.05, 0.1) is 42.2 Å². The first-order valence-corrected chi connectivity index (χ1v) is 14.1. The van der Waals surface area contributed by atoms with Crippen molar-refractivity contribution < 1.29 is 14.3 Å². The Balaban J connectivity index is 1.91. The number of allylic oxidation sites excluding steroid dienone is 1. The van der Waals surface area contributed by atoms with Crippen molar-refractivity contribution in [3.05, 3.63) is 91.2 Å². The molecule has 0 saturated heterocycles. The maximum absolute atomic E-state index is 13.7. The van der Waals surface area contributed by atoms with Gasteiger partial charge in [-0.15, -0.1) is 0 Å². The van der Waals surface area contributed by atoms with E-state index in [9.17, 15) is 9.59 Å². The largest absolute Gasteiger partial charge is 0.492 e. The third kappa shape index (κ3) is 5.26. The van der Waals surface area contributed by atoms with Crippen LogP contribution in [0, 0.1) is 14.1 Å². The van der Waals surface area contributed by atoms with Gasteiger partial charge in [-0.25, -0.2) is 9.79 Å². The molecule has 0 N–H and O–H groups in total. The minimum absolute atomic E-state index is 0.187. The first kappa shape index (κ1) is 26.1. The number of nitrogens with zero attached hydrogens (tertiary/aromatic N) is 2. The Morgan fingerprint density at radius 3 is 2.37 bits per heavy atom. The monoisotopic (exact) mass is 714 g/mol. The van der Waals surface area contributed by atoms with Crippen LogP contribution in [0.5, 0.6) is 5.75 Å². The molecular formula is C26H24I2N2O4S. The Kier molecular flexibility index (Phi) is 8.16. The number of carbonyl (C=O) groups excluding carboxylic acids is 1. The van der Waals surface area contributed by atoms with E-state index in [4.69, 9.17) is 9.47 Å². The lowest BCUT2D eigenvalue weighted by Gasteiger charge is -2.24. The highest BCUT2D eigenvalue weighted by Crippen LogP contribution is 2.31.